The normalized spacial score (nSPS) is 14.0. The molecule has 0 unspecified atom stereocenters. The van der Waals surface area contributed by atoms with Crippen molar-refractivity contribution >= 4 is 18.3 Å². The van der Waals surface area contributed by atoms with E-state index in [0.29, 0.717) is 87.3 Å². The quantitative estimate of drug-likeness (QED) is 0.309. The minimum Gasteiger partial charge on any atom is -0.493 e. The van der Waals surface area contributed by atoms with Gasteiger partial charge in [-0.15, -0.1) is 0 Å². The number of methoxy groups -OCH3 is 1. The lowest BCUT2D eigenvalue weighted by Crippen LogP contribution is -2.37. The van der Waals surface area contributed by atoms with Crippen molar-refractivity contribution in [1.82, 2.24) is 29.5 Å². The van der Waals surface area contributed by atoms with Gasteiger partial charge in [-0.1, -0.05) is 5.16 Å². The molecule has 14 heteroatoms. The molecular weight excluding hydrogens is 608 g/mol. The van der Waals surface area contributed by atoms with Crippen molar-refractivity contribution < 1.29 is 38.2 Å². The molecule has 0 saturated heterocycles. The number of carbonyl (C=O) groups excluding carboxylic acids is 2. The SMILES string of the molecule is CCOc1ncccc1C(=O)N1CCCCN(C(=O)c2cc(C)on2)CCOc2cc(ccc2OC)-c2nccn2CCC1.O=CO. The summed E-state index contributed by atoms with van der Waals surface area (Å²) in [6.45, 7) is 6.48. The first-order valence-corrected chi connectivity index (χ1v) is 15.4. The molecule has 0 spiro atoms. The van der Waals surface area contributed by atoms with Gasteiger partial charge in [0, 0.05) is 56.4 Å². The number of carbonyl (C=O) groups is 3. The number of hydrogen-bond donors (Lipinski definition) is 1. The number of carboxylic acid groups (broad SMARTS) is 1. The number of aromatic nitrogens is 4. The van der Waals surface area contributed by atoms with Crippen LogP contribution >= 0.6 is 0 Å². The second-order valence-corrected chi connectivity index (χ2v) is 10.5. The van der Waals surface area contributed by atoms with E-state index in [-0.39, 0.29) is 30.6 Å². The monoisotopic (exact) mass is 648 g/mol. The Labute approximate surface area is 272 Å². The first-order valence-electron chi connectivity index (χ1n) is 15.4. The second-order valence-electron chi connectivity index (χ2n) is 10.5. The third-order valence-corrected chi connectivity index (χ3v) is 7.39. The third kappa shape index (κ3) is 9.08. The van der Waals surface area contributed by atoms with Crippen molar-refractivity contribution in [2.45, 2.75) is 39.7 Å². The average molecular weight is 649 g/mol. The molecule has 0 fully saturated rings. The van der Waals surface area contributed by atoms with Crippen LogP contribution in [0, 0.1) is 6.92 Å². The van der Waals surface area contributed by atoms with Crippen molar-refractivity contribution in [1.29, 1.82) is 0 Å². The highest BCUT2D eigenvalue weighted by Crippen LogP contribution is 2.32. The Hall–Kier alpha value is -5.40. The van der Waals surface area contributed by atoms with Crippen molar-refractivity contribution in [2.75, 3.05) is 46.5 Å². The summed E-state index contributed by atoms with van der Waals surface area (Å²) >= 11 is 0. The Morgan fingerprint density at radius 2 is 1.72 bits per heavy atom. The molecule has 0 aliphatic carbocycles. The van der Waals surface area contributed by atoms with Crippen LogP contribution in [-0.4, -0.2) is 99.4 Å². The predicted octanol–water partition coefficient (Wildman–Crippen LogP) is 4.20. The lowest BCUT2D eigenvalue weighted by atomic mass is 10.2. The lowest BCUT2D eigenvalue weighted by molar-refractivity contribution is -0.122. The van der Waals surface area contributed by atoms with Gasteiger partial charge in [0.25, 0.3) is 18.3 Å². The molecule has 250 valence electrons. The van der Waals surface area contributed by atoms with Crippen molar-refractivity contribution in [3.05, 3.63) is 72.0 Å². The summed E-state index contributed by atoms with van der Waals surface area (Å²) in [4.78, 5) is 48.0. The molecule has 0 radical (unpaired) electrons. The van der Waals surface area contributed by atoms with E-state index in [2.05, 4.69) is 19.7 Å². The van der Waals surface area contributed by atoms with E-state index >= 15 is 0 Å². The van der Waals surface area contributed by atoms with Gasteiger partial charge in [-0.2, -0.15) is 0 Å². The maximum atomic E-state index is 13.8. The molecule has 5 rings (SSSR count). The first-order chi connectivity index (χ1) is 22.9. The molecular formula is C33H40N6O8. The number of aryl methyl sites for hydroxylation is 2. The van der Waals surface area contributed by atoms with Gasteiger partial charge in [-0.05, 0) is 63.4 Å². The van der Waals surface area contributed by atoms with Crippen molar-refractivity contribution in [3.8, 4) is 28.8 Å². The zero-order valence-corrected chi connectivity index (χ0v) is 26.8. The Morgan fingerprint density at radius 3 is 2.43 bits per heavy atom. The molecule has 1 aromatic carbocycles. The molecule has 0 atom stereocenters. The van der Waals surface area contributed by atoms with Gasteiger partial charge in [-0.3, -0.25) is 14.4 Å². The summed E-state index contributed by atoms with van der Waals surface area (Å²) in [5.41, 5.74) is 1.55. The molecule has 4 aromatic rings. The highest BCUT2D eigenvalue weighted by Gasteiger charge is 2.23. The number of imidazole rings is 1. The molecule has 1 aliphatic rings. The number of pyridine rings is 1. The van der Waals surface area contributed by atoms with Gasteiger partial charge in [0.2, 0.25) is 5.88 Å². The summed E-state index contributed by atoms with van der Waals surface area (Å²) in [6.07, 6.45) is 7.38. The Bertz CT molecular complexity index is 1620. The number of fused-ring (bicyclic) bond motifs is 4. The van der Waals surface area contributed by atoms with Crippen LogP contribution in [0.4, 0.5) is 0 Å². The van der Waals surface area contributed by atoms with Crippen LogP contribution in [-0.2, 0) is 11.3 Å². The van der Waals surface area contributed by atoms with Gasteiger partial charge < -0.3 is 38.2 Å². The minimum atomic E-state index is -0.250. The van der Waals surface area contributed by atoms with Gasteiger partial charge in [-0.25, -0.2) is 9.97 Å². The minimum absolute atomic E-state index is 0.135. The molecule has 2 amide bonds. The number of hydrogen-bond acceptors (Lipinski definition) is 10. The predicted molar refractivity (Wildman–Crippen MR) is 171 cm³/mol. The van der Waals surface area contributed by atoms with E-state index in [1.807, 2.05) is 36.2 Å². The molecule has 14 nitrogen and oxygen atoms in total. The van der Waals surface area contributed by atoms with Crippen molar-refractivity contribution in [3.63, 3.8) is 0 Å². The Balaban J connectivity index is 0.00000160. The molecule has 4 heterocycles. The summed E-state index contributed by atoms with van der Waals surface area (Å²) in [7, 11) is 1.59. The van der Waals surface area contributed by atoms with E-state index in [1.165, 1.54) is 0 Å². The fourth-order valence-corrected chi connectivity index (χ4v) is 5.22. The van der Waals surface area contributed by atoms with Crippen LogP contribution in [0.5, 0.6) is 17.4 Å². The number of ether oxygens (including phenoxy) is 3. The van der Waals surface area contributed by atoms with E-state index in [0.717, 1.165) is 11.4 Å². The zero-order chi connectivity index (χ0) is 33.6. The van der Waals surface area contributed by atoms with E-state index in [9.17, 15) is 9.59 Å². The Morgan fingerprint density at radius 1 is 0.979 bits per heavy atom. The van der Waals surface area contributed by atoms with Crippen LogP contribution in [0.3, 0.4) is 0 Å². The van der Waals surface area contributed by atoms with Crippen LogP contribution in [0.2, 0.25) is 0 Å². The molecule has 3 aromatic heterocycles. The number of nitrogens with zero attached hydrogens (tertiary/aromatic N) is 6. The van der Waals surface area contributed by atoms with E-state index < -0.39 is 0 Å². The first kappa shape index (κ1) is 34.5. The number of amides is 2. The lowest BCUT2D eigenvalue weighted by Gasteiger charge is -2.25. The number of benzene rings is 1. The second kappa shape index (κ2) is 17.3. The molecule has 2 bridgehead atoms. The van der Waals surface area contributed by atoms with Gasteiger partial charge in [0.15, 0.2) is 17.2 Å². The maximum absolute atomic E-state index is 13.8. The Kier molecular flexibility index (Phi) is 12.7. The van der Waals surface area contributed by atoms with Gasteiger partial charge in [0.1, 0.15) is 23.8 Å². The smallest absolute Gasteiger partial charge is 0.290 e. The standard InChI is InChI=1S/C32H38N6O6.CH2O2/c1-4-42-30-25(9-7-12-34-30)31(39)37-14-5-6-15-38(32(40)26-21-23(2)44-35-26)19-20-43-28-22-24(10-11-27(28)41-3)29-33-13-18-36(29)16-8-17-37;2-1-3/h7,9-13,18,21-22H,4-6,8,14-17,19-20H2,1-3H3;1H,(H,2,3). The molecule has 1 N–H and O–H groups in total. The van der Waals surface area contributed by atoms with Crippen LogP contribution in [0.1, 0.15) is 52.8 Å². The summed E-state index contributed by atoms with van der Waals surface area (Å²) in [6, 6.07) is 10.8. The fourth-order valence-electron chi connectivity index (χ4n) is 5.22. The largest absolute Gasteiger partial charge is 0.493 e. The maximum Gasteiger partial charge on any atom is 0.290 e. The third-order valence-electron chi connectivity index (χ3n) is 7.39. The van der Waals surface area contributed by atoms with E-state index in [1.54, 1.807) is 49.5 Å². The van der Waals surface area contributed by atoms with E-state index in [4.69, 9.17) is 28.6 Å². The molecule has 0 saturated carbocycles. The highest BCUT2D eigenvalue weighted by atomic mass is 16.5. The fraction of sp³-hybridized carbons (Fsp3) is 0.394. The summed E-state index contributed by atoms with van der Waals surface area (Å²) < 4.78 is 24.6. The average Bonchev–Trinajstić information content (AvgIpc) is 3.73. The molecule has 1 aliphatic heterocycles. The summed E-state index contributed by atoms with van der Waals surface area (Å²) in [5.74, 6) is 2.45. The van der Waals surface area contributed by atoms with Gasteiger partial charge in [0.05, 0.1) is 20.3 Å². The van der Waals surface area contributed by atoms with Gasteiger partial charge >= 0.3 is 0 Å². The zero-order valence-electron chi connectivity index (χ0n) is 26.8. The van der Waals surface area contributed by atoms with Crippen LogP contribution in [0.15, 0.2) is 59.5 Å². The summed E-state index contributed by atoms with van der Waals surface area (Å²) in [5, 5.41) is 10.8. The molecule has 47 heavy (non-hydrogen) atoms. The number of rotatable bonds is 5. The van der Waals surface area contributed by atoms with Crippen LogP contribution < -0.4 is 14.2 Å². The topological polar surface area (TPSA) is 162 Å². The highest BCUT2D eigenvalue weighted by molar-refractivity contribution is 5.96. The van der Waals surface area contributed by atoms with Crippen molar-refractivity contribution in [2.24, 2.45) is 0 Å². The van der Waals surface area contributed by atoms with Crippen LogP contribution in [0.25, 0.3) is 11.4 Å².